The lowest BCUT2D eigenvalue weighted by Gasteiger charge is -2.46. The molecule has 0 spiro atoms. The van der Waals surface area contributed by atoms with E-state index in [0.29, 0.717) is 0 Å². The third kappa shape index (κ3) is 7.94. The second-order valence-corrected chi connectivity index (χ2v) is 13.4. The number of carbonyl (C=O) groups excluding carboxylic acids is 1. The van der Waals surface area contributed by atoms with Crippen molar-refractivity contribution in [3.05, 3.63) is 46.6 Å². The van der Waals surface area contributed by atoms with Gasteiger partial charge in [0.1, 0.15) is 77.0 Å². The molecule has 1 aromatic heterocycles. The summed E-state index contributed by atoms with van der Waals surface area (Å²) in [7, 11) is 0. The summed E-state index contributed by atoms with van der Waals surface area (Å²) in [5.41, 5.74) is -1.19. The van der Waals surface area contributed by atoms with Gasteiger partial charge in [-0.15, -0.1) is 0 Å². The van der Waals surface area contributed by atoms with Crippen LogP contribution in [0.1, 0.15) is 20.8 Å². The molecule has 0 saturated carbocycles. The van der Waals surface area contributed by atoms with Crippen molar-refractivity contribution in [1.82, 2.24) is 0 Å². The molecule has 4 heterocycles. The van der Waals surface area contributed by atoms with Crippen LogP contribution in [0.4, 0.5) is 0 Å². The van der Waals surface area contributed by atoms with Gasteiger partial charge >= 0.3 is 5.97 Å². The number of esters is 1. The highest BCUT2D eigenvalue weighted by molar-refractivity contribution is 5.88. The number of fused-ring (bicyclic) bond motifs is 1. The zero-order valence-corrected chi connectivity index (χ0v) is 29.4. The summed E-state index contributed by atoms with van der Waals surface area (Å²) in [4.78, 5) is 26.2. The summed E-state index contributed by atoms with van der Waals surface area (Å²) in [5, 5.41) is 104. The molecule has 0 radical (unpaired) electrons. The van der Waals surface area contributed by atoms with Crippen molar-refractivity contribution >= 4 is 16.9 Å². The quantitative estimate of drug-likeness (QED) is 0.102. The number of rotatable bonds is 9. The molecule has 15 atom stereocenters. The largest absolute Gasteiger partial charge is 0.508 e. The Morgan fingerprint density at radius 1 is 0.727 bits per heavy atom. The first-order valence-electron chi connectivity index (χ1n) is 17.1. The summed E-state index contributed by atoms with van der Waals surface area (Å²) in [5.74, 6) is -2.86. The van der Waals surface area contributed by atoms with Crippen LogP contribution in [0.25, 0.3) is 22.3 Å². The van der Waals surface area contributed by atoms with Gasteiger partial charge in [-0.2, -0.15) is 0 Å². The smallest absolute Gasteiger partial charge is 0.303 e. The highest BCUT2D eigenvalue weighted by Crippen LogP contribution is 2.39. The highest BCUT2D eigenvalue weighted by Gasteiger charge is 2.52. The van der Waals surface area contributed by atoms with Gasteiger partial charge < -0.3 is 88.6 Å². The number of phenols is 2. The maximum atomic E-state index is 14.3. The second-order valence-electron chi connectivity index (χ2n) is 13.4. The Labute approximate surface area is 310 Å². The molecule has 0 amide bonds. The van der Waals surface area contributed by atoms with Gasteiger partial charge in [0.2, 0.25) is 23.8 Å². The van der Waals surface area contributed by atoms with Crippen molar-refractivity contribution in [2.45, 2.75) is 113 Å². The van der Waals surface area contributed by atoms with Gasteiger partial charge in [-0.25, -0.2) is 0 Å². The molecule has 20 nitrogen and oxygen atoms in total. The fraction of sp³-hybridized carbons (Fsp3) is 0.543. The Morgan fingerprint density at radius 2 is 1.36 bits per heavy atom. The predicted octanol–water partition coefficient (Wildman–Crippen LogP) is -2.32. The van der Waals surface area contributed by atoms with Gasteiger partial charge in [-0.05, 0) is 38.1 Å². The monoisotopic (exact) mass is 782 g/mol. The van der Waals surface area contributed by atoms with E-state index in [0.717, 1.165) is 13.0 Å². The summed E-state index contributed by atoms with van der Waals surface area (Å²) in [6.45, 7) is 3.09. The minimum Gasteiger partial charge on any atom is -0.508 e. The molecular weight excluding hydrogens is 740 g/mol. The van der Waals surface area contributed by atoms with E-state index in [2.05, 4.69) is 0 Å². The molecule has 3 aliphatic heterocycles. The minimum atomic E-state index is -1.96. The maximum absolute atomic E-state index is 14.3. The molecule has 2 aromatic carbocycles. The van der Waals surface area contributed by atoms with Crippen LogP contribution in [0.3, 0.4) is 0 Å². The Bertz CT molecular complexity index is 1880. The SMILES string of the molecule is CC(=O)O[C@@H]1[C@@H](O)[C@@H](O[C@@H]2O[C@H](CO)[C@@H](O)[C@H](O)[C@H]2O)[C@H](Oc2c(-c3ccc(O)cc3)oc3cc(O[C@@H]4O[C@@H](C)[C@H](O)[C@@H](O)[C@H]4O)cc(O)c3c2=O)O[C@H]1C. The van der Waals surface area contributed by atoms with E-state index in [4.69, 9.17) is 37.6 Å². The van der Waals surface area contributed by atoms with Crippen LogP contribution in [-0.2, 0) is 28.5 Å². The highest BCUT2D eigenvalue weighted by atomic mass is 16.8. The molecular formula is C35H42O20. The third-order valence-corrected chi connectivity index (χ3v) is 9.53. The summed E-state index contributed by atoms with van der Waals surface area (Å²) in [6, 6.07) is 7.38. The van der Waals surface area contributed by atoms with Gasteiger partial charge in [-0.3, -0.25) is 9.59 Å². The van der Waals surface area contributed by atoms with Crippen LogP contribution < -0.4 is 14.9 Å². The van der Waals surface area contributed by atoms with E-state index >= 15 is 0 Å². The number of phenolic OH excluding ortho intramolecular Hbond substituents is 2. The first kappa shape index (κ1) is 40.5. The molecule has 0 unspecified atom stereocenters. The van der Waals surface area contributed by atoms with Crippen LogP contribution in [-0.4, -0.2) is 156 Å². The van der Waals surface area contributed by atoms with E-state index < -0.39 is 127 Å². The van der Waals surface area contributed by atoms with Crippen molar-refractivity contribution in [3.8, 4) is 34.3 Å². The normalized spacial score (nSPS) is 36.7. The fourth-order valence-corrected chi connectivity index (χ4v) is 6.52. The Hall–Kier alpha value is -4.16. The molecule has 6 rings (SSSR count). The van der Waals surface area contributed by atoms with Crippen molar-refractivity contribution in [2.24, 2.45) is 0 Å². The van der Waals surface area contributed by atoms with E-state index in [1.807, 2.05) is 0 Å². The van der Waals surface area contributed by atoms with E-state index in [-0.39, 0.29) is 28.4 Å². The number of benzene rings is 2. The Kier molecular flexibility index (Phi) is 11.9. The number of hydrogen-bond donors (Lipinski definition) is 10. The van der Waals surface area contributed by atoms with Crippen LogP contribution in [0.15, 0.2) is 45.6 Å². The predicted molar refractivity (Wildman–Crippen MR) is 179 cm³/mol. The van der Waals surface area contributed by atoms with Crippen LogP contribution in [0.2, 0.25) is 0 Å². The van der Waals surface area contributed by atoms with Gasteiger partial charge in [-0.1, -0.05) is 0 Å². The fourth-order valence-electron chi connectivity index (χ4n) is 6.52. The first-order chi connectivity index (χ1) is 26.0. The van der Waals surface area contributed by atoms with E-state index in [9.17, 15) is 60.7 Å². The van der Waals surface area contributed by atoms with Gasteiger partial charge in [0, 0.05) is 24.6 Å². The lowest BCUT2D eigenvalue weighted by molar-refractivity contribution is -0.355. The van der Waals surface area contributed by atoms with Gasteiger partial charge in [0.15, 0.2) is 24.3 Å². The van der Waals surface area contributed by atoms with E-state index in [1.165, 1.54) is 44.2 Å². The Balaban J connectivity index is 1.42. The topological polar surface area (TPSA) is 314 Å². The van der Waals surface area contributed by atoms with Crippen LogP contribution in [0, 0.1) is 0 Å². The number of hydrogen-bond acceptors (Lipinski definition) is 20. The molecule has 3 aromatic rings. The molecule has 302 valence electrons. The number of aromatic hydroxyl groups is 2. The summed E-state index contributed by atoms with van der Waals surface area (Å²) in [6.07, 6.45) is -24.2. The van der Waals surface area contributed by atoms with Gasteiger partial charge in [0.25, 0.3) is 0 Å². The number of ether oxygens (including phenoxy) is 7. The van der Waals surface area contributed by atoms with Crippen LogP contribution >= 0.6 is 0 Å². The number of carbonyl (C=O) groups is 1. The molecule has 3 saturated heterocycles. The summed E-state index contributed by atoms with van der Waals surface area (Å²) < 4.78 is 45.8. The molecule has 3 fully saturated rings. The van der Waals surface area contributed by atoms with Crippen molar-refractivity contribution < 1.29 is 93.4 Å². The first-order valence-corrected chi connectivity index (χ1v) is 17.1. The number of aliphatic hydroxyl groups excluding tert-OH is 8. The van der Waals surface area contributed by atoms with Crippen LogP contribution in [0.5, 0.6) is 23.0 Å². The standard InChI is InChI=1S/C35H42O20/c1-11-21(40)24(43)26(45)33(48-11)51-16-8-17(39)20-18(9-16)52-30(14-4-6-15(38)7-5-14)31(23(20)42)54-35-32(28(47)29(12(2)49-35)50-13(3)37)55-34-27(46)25(44)22(41)19(10-36)53-34/h4-9,11-12,19,21-22,24-29,32-36,38-41,43-47H,10H2,1-3H3/t11-,12-,19+,21-,22+,24+,25-,26+,27+,28+,29-,32+,33-,34-,35-/m0/s1. The molecule has 55 heavy (non-hydrogen) atoms. The average Bonchev–Trinajstić information content (AvgIpc) is 3.14. The molecule has 0 aliphatic carbocycles. The van der Waals surface area contributed by atoms with Crippen molar-refractivity contribution in [2.75, 3.05) is 6.61 Å². The van der Waals surface area contributed by atoms with Gasteiger partial charge in [0.05, 0.1) is 18.8 Å². The zero-order valence-electron chi connectivity index (χ0n) is 29.4. The van der Waals surface area contributed by atoms with Crippen molar-refractivity contribution in [3.63, 3.8) is 0 Å². The third-order valence-electron chi connectivity index (χ3n) is 9.53. The lowest BCUT2D eigenvalue weighted by Crippen LogP contribution is -2.65. The molecule has 0 bridgehead atoms. The van der Waals surface area contributed by atoms with Crippen molar-refractivity contribution in [1.29, 1.82) is 0 Å². The number of aliphatic hydroxyl groups is 8. The zero-order chi connectivity index (χ0) is 40.0. The Morgan fingerprint density at radius 3 is 2.02 bits per heavy atom. The lowest BCUT2D eigenvalue weighted by atomic mass is 9.97. The second kappa shape index (κ2) is 16.1. The average molecular weight is 783 g/mol. The minimum absolute atomic E-state index is 0.128. The maximum Gasteiger partial charge on any atom is 0.303 e. The summed E-state index contributed by atoms with van der Waals surface area (Å²) >= 11 is 0. The van der Waals surface area contributed by atoms with E-state index in [1.54, 1.807) is 0 Å². The molecule has 20 heteroatoms. The molecule has 10 N–H and O–H groups in total. The molecule has 3 aliphatic rings.